The Balaban J connectivity index is 1.60. The van der Waals surface area contributed by atoms with E-state index >= 15 is 0 Å². The molecule has 7 nitrogen and oxygen atoms in total. The Labute approximate surface area is 157 Å². The first-order valence-electron chi connectivity index (χ1n) is 9.29. The molecule has 0 bridgehead atoms. The SMILES string of the molecule is CCN(CC)C(=O)c1cn(C2CCN(C(=O)c3ccc(F)cc3)CC2)nn1. The molecule has 1 fully saturated rings. The van der Waals surface area contributed by atoms with Crippen molar-refractivity contribution in [1.82, 2.24) is 24.8 Å². The second-order valence-electron chi connectivity index (χ2n) is 6.59. The summed E-state index contributed by atoms with van der Waals surface area (Å²) in [6.45, 7) is 6.29. The Morgan fingerprint density at radius 3 is 2.37 bits per heavy atom. The van der Waals surface area contributed by atoms with Crippen LogP contribution in [0, 0.1) is 5.82 Å². The average Bonchev–Trinajstić information content (AvgIpc) is 3.19. The number of carbonyl (C=O) groups is 2. The predicted molar refractivity (Wildman–Crippen MR) is 97.8 cm³/mol. The molecular formula is C19H24FN5O2. The zero-order valence-corrected chi connectivity index (χ0v) is 15.6. The first kappa shape index (κ1) is 19.0. The summed E-state index contributed by atoms with van der Waals surface area (Å²) in [6, 6.07) is 5.71. The third-order valence-electron chi connectivity index (χ3n) is 5.00. The molecule has 8 heteroatoms. The number of nitrogens with zero attached hydrogens (tertiary/aromatic N) is 5. The molecule has 0 N–H and O–H groups in total. The summed E-state index contributed by atoms with van der Waals surface area (Å²) in [6.07, 6.45) is 3.16. The van der Waals surface area contributed by atoms with Crippen LogP contribution in [-0.4, -0.2) is 62.8 Å². The van der Waals surface area contributed by atoms with Crippen LogP contribution in [0.25, 0.3) is 0 Å². The molecular weight excluding hydrogens is 349 g/mol. The molecule has 1 aliphatic heterocycles. The van der Waals surface area contributed by atoms with Crippen LogP contribution in [0.5, 0.6) is 0 Å². The molecule has 1 aromatic heterocycles. The maximum atomic E-state index is 13.0. The van der Waals surface area contributed by atoms with E-state index in [1.165, 1.54) is 24.3 Å². The number of carbonyl (C=O) groups excluding carboxylic acids is 2. The minimum Gasteiger partial charge on any atom is -0.338 e. The molecule has 1 saturated heterocycles. The molecule has 2 amide bonds. The molecule has 0 saturated carbocycles. The van der Waals surface area contributed by atoms with Gasteiger partial charge in [-0.2, -0.15) is 0 Å². The van der Waals surface area contributed by atoms with E-state index in [0.29, 0.717) is 37.4 Å². The van der Waals surface area contributed by atoms with E-state index in [1.54, 1.807) is 20.7 Å². The molecule has 3 rings (SSSR count). The fourth-order valence-corrected chi connectivity index (χ4v) is 3.33. The second-order valence-corrected chi connectivity index (χ2v) is 6.59. The number of hydrogen-bond donors (Lipinski definition) is 0. The summed E-state index contributed by atoms with van der Waals surface area (Å²) in [7, 11) is 0. The van der Waals surface area contributed by atoms with Crippen molar-refractivity contribution >= 4 is 11.8 Å². The van der Waals surface area contributed by atoms with Crippen LogP contribution in [0.3, 0.4) is 0 Å². The van der Waals surface area contributed by atoms with Gasteiger partial charge in [0.15, 0.2) is 5.69 Å². The van der Waals surface area contributed by atoms with E-state index in [9.17, 15) is 14.0 Å². The molecule has 0 radical (unpaired) electrons. The minimum absolute atomic E-state index is 0.0931. The Morgan fingerprint density at radius 1 is 1.15 bits per heavy atom. The normalized spacial score (nSPS) is 15.0. The predicted octanol–water partition coefficient (Wildman–Crippen LogP) is 2.38. The molecule has 0 atom stereocenters. The minimum atomic E-state index is -0.355. The highest BCUT2D eigenvalue weighted by molar-refractivity contribution is 5.94. The maximum absolute atomic E-state index is 13.0. The topological polar surface area (TPSA) is 71.3 Å². The lowest BCUT2D eigenvalue weighted by Gasteiger charge is -2.31. The Kier molecular flexibility index (Phi) is 5.83. The fourth-order valence-electron chi connectivity index (χ4n) is 3.33. The average molecular weight is 373 g/mol. The Morgan fingerprint density at radius 2 is 1.78 bits per heavy atom. The molecule has 2 heterocycles. The number of rotatable bonds is 5. The van der Waals surface area contributed by atoms with E-state index < -0.39 is 0 Å². The summed E-state index contributed by atoms with van der Waals surface area (Å²) in [5.74, 6) is -0.564. The summed E-state index contributed by atoms with van der Waals surface area (Å²) in [5, 5.41) is 8.15. The lowest BCUT2D eigenvalue weighted by Crippen LogP contribution is -2.39. The van der Waals surface area contributed by atoms with Crippen LogP contribution < -0.4 is 0 Å². The summed E-state index contributed by atoms with van der Waals surface area (Å²) < 4.78 is 14.8. The van der Waals surface area contributed by atoms with Crippen LogP contribution >= 0.6 is 0 Å². The summed E-state index contributed by atoms with van der Waals surface area (Å²) in [4.78, 5) is 28.3. The van der Waals surface area contributed by atoms with E-state index in [0.717, 1.165) is 12.8 Å². The zero-order chi connectivity index (χ0) is 19.4. The lowest BCUT2D eigenvalue weighted by atomic mass is 10.0. The second kappa shape index (κ2) is 8.28. The number of likely N-dealkylation sites (tertiary alicyclic amines) is 1. The van der Waals surface area contributed by atoms with Crippen molar-refractivity contribution in [1.29, 1.82) is 0 Å². The third-order valence-corrected chi connectivity index (χ3v) is 5.00. The lowest BCUT2D eigenvalue weighted by molar-refractivity contribution is 0.0689. The van der Waals surface area contributed by atoms with Gasteiger partial charge in [0.2, 0.25) is 0 Å². The first-order valence-corrected chi connectivity index (χ1v) is 9.29. The highest BCUT2D eigenvalue weighted by Gasteiger charge is 2.26. The molecule has 27 heavy (non-hydrogen) atoms. The van der Waals surface area contributed by atoms with Gasteiger partial charge < -0.3 is 9.80 Å². The number of benzene rings is 1. The van der Waals surface area contributed by atoms with Crippen LogP contribution in [0.1, 0.15) is 53.6 Å². The van der Waals surface area contributed by atoms with Crippen LogP contribution in [-0.2, 0) is 0 Å². The van der Waals surface area contributed by atoms with Gasteiger partial charge in [-0.3, -0.25) is 9.59 Å². The van der Waals surface area contributed by atoms with Crippen molar-refractivity contribution in [3.8, 4) is 0 Å². The van der Waals surface area contributed by atoms with Crippen molar-refractivity contribution in [2.75, 3.05) is 26.2 Å². The number of hydrogen-bond acceptors (Lipinski definition) is 4. The van der Waals surface area contributed by atoms with Crippen LogP contribution in [0.4, 0.5) is 4.39 Å². The molecule has 0 unspecified atom stereocenters. The number of piperidine rings is 1. The molecule has 0 aliphatic carbocycles. The summed E-state index contributed by atoms with van der Waals surface area (Å²) >= 11 is 0. The fraction of sp³-hybridized carbons (Fsp3) is 0.474. The van der Waals surface area contributed by atoms with E-state index in [-0.39, 0.29) is 23.7 Å². The van der Waals surface area contributed by atoms with Gasteiger partial charge in [0.05, 0.1) is 12.2 Å². The first-order chi connectivity index (χ1) is 13.0. The van der Waals surface area contributed by atoms with Gasteiger partial charge in [-0.25, -0.2) is 9.07 Å². The molecule has 1 aromatic carbocycles. The largest absolute Gasteiger partial charge is 0.338 e. The van der Waals surface area contributed by atoms with Gasteiger partial charge in [0.25, 0.3) is 11.8 Å². The van der Waals surface area contributed by atoms with Crippen molar-refractivity contribution < 1.29 is 14.0 Å². The monoisotopic (exact) mass is 373 g/mol. The van der Waals surface area contributed by atoms with Gasteiger partial charge in [0.1, 0.15) is 5.82 Å². The van der Waals surface area contributed by atoms with Crippen LogP contribution in [0.2, 0.25) is 0 Å². The quantitative estimate of drug-likeness (QED) is 0.807. The Hall–Kier alpha value is -2.77. The number of halogens is 1. The third kappa shape index (κ3) is 4.15. The van der Waals surface area contributed by atoms with Gasteiger partial charge in [-0.15, -0.1) is 5.10 Å². The van der Waals surface area contributed by atoms with Gasteiger partial charge >= 0.3 is 0 Å². The molecule has 1 aliphatic rings. The molecule has 2 aromatic rings. The van der Waals surface area contributed by atoms with Crippen molar-refractivity contribution in [3.05, 3.63) is 47.5 Å². The number of aromatic nitrogens is 3. The summed E-state index contributed by atoms with van der Waals surface area (Å²) in [5.41, 5.74) is 0.839. The van der Waals surface area contributed by atoms with E-state index in [4.69, 9.17) is 0 Å². The Bertz CT molecular complexity index is 793. The van der Waals surface area contributed by atoms with E-state index in [1.807, 2.05) is 13.8 Å². The van der Waals surface area contributed by atoms with Crippen molar-refractivity contribution in [2.45, 2.75) is 32.7 Å². The van der Waals surface area contributed by atoms with Gasteiger partial charge in [-0.1, -0.05) is 5.21 Å². The van der Waals surface area contributed by atoms with Gasteiger partial charge in [0, 0.05) is 31.7 Å². The standard InChI is InChI=1S/C19H24FN5O2/c1-3-23(4-2)19(27)17-13-25(22-21-17)16-9-11-24(12-10-16)18(26)14-5-7-15(20)8-6-14/h5-8,13,16H,3-4,9-12H2,1-2H3. The van der Waals surface area contributed by atoms with Crippen molar-refractivity contribution in [2.24, 2.45) is 0 Å². The smallest absolute Gasteiger partial charge is 0.276 e. The maximum Gasteiger partial charge on any atom is 0.276 e. The van der Waals surface area contributed by atoms with Crippen LogP contribution in [0.15, 0.2) is 30.5 Å². The van der Waals surface area contributed by atoms with E-state index in [2.05, 4.69) is 10.3 Å². The molecule has 144 valence electrons. The van der Waals surface area contributed by atoms with Crippen molar-refractivity contribution in [3.63, 3.8) is 0 Å². The number of amides is 2. The zero-order valence-electron chi connectivity index (χ0n) is 15.6. The van der Waals surface area contributed by atoms with Gasteiger partial charge in [-0.05, 0) is 51.0 Å². The molecule has 0 spiro atoms. The highest BCUT2D eigenvalue weighted by atomic mass is 19.1. The highest BCUT2D eigenvalue weighted by Crippen LogP contribution is 2.23.